The van der Waals surface area contributed by atoms with Crippen LogP contribution in [0.4, 0.5) is 0 Å². The van der Waals surface area contributed by atoms with E-state index >= 15 is 0 Å². The molecule has 0 aliphatic carbocycles. The highest BCUT2D eigenvalue weighted by molar-refractivity contribution is 5.76. The van der Waals surface area contributed by atoms with Gasteiger partial charge >= 0.3 is 0 Å². The van der Waals surface area contributed by atoms with Crippen LogP contribution in [0.25, 0.3) is 0 Å². The van der Waals surface area contributed by atoms with Crippen LogP contribution in [0.2, 0.25) is 0 Å². The number of rotatable bonds is 39. The van der Waals surface area contributed by atoms with Crippen LogP contribution in [0.1, 0.15) is 239 Å². The summed E-state index contributed by atoms with van der Waals surface area (Å²) in [5.41, 5.74) is 0. The Kier molecular flexibility index (Phi) is 37.6. The first-order chi connectivity index (χ1) is 23.1. The van der Waals surface area contributed by atoms with E-state index in [0.29, 0.717) is 12.8 Å². The highest BCUT2D eigenvalue weighted by Gasteiger charge is 2.26. The fourth-order valence-electron chi connectivity index (χ4n) is 6.87. The highest BCUT2D eigenvalue weighted by Crippen LogP contribution is 2.17. The second-order valence-corrected chi connectivity index (χ2v) is 14.9. The van der Waals surface area contributed by atoms with Crippen molar-refractivity contribution in [3.8, 4) is 0 Å². The lowest BCUT2D eigenvalue weighted by Gasteiger charge is -2.26. The number of aliphatic hydroxyl groups excluding tert-OH is 3. The standard InChI is InChI=1S/C42H85NO4/c1-3-5-7-9-11-13-15-17-18-19-20-21-22-23-24-25-27-29-31-33-35-37-41(46)43-39(38-44)42(47)40(45)36-34-32-30-28-26-16-14-12-10-8-6-4-2/h39-40,42,44-45,47H,3-38H2,1-2H3,(H,43,46)/t39-,40+,42?/m0/s1. The SMILES string of the molecule is CCCCCCCCCCCCCCCCCCCCCCCC(=O)N[C@@H](CO)C(O)[C@H](O)CCCCCCCCCCCCCC. The lowest BCUT2D eigenvalue weighted by Crippen LogP contribution is -2.50. The molecule has 0 aromatic carbocycles. The van der Waals surface area contributed by atoms with Crippen LogP contribution < -0.4 is 5.32 Å². The van der Waals surface area contributed by atoms with Gasteiger partial charge in [-0.3, -0.25) is 4.79 Å². The predicted molar refractivity (Wildman–Crippen MR) is 204 cm³/mol. The number of hydrogen-bond donors (Lipinski definition) is 4. The molecule has 4 N–H and O–H groups in total. The summed E-state index contributed by atoms with van der Waals surface area (Å²) in [6.45, 7) is 4.18. The van der Waals surface area contributed by atoms with Gasteiger partial charge in [0.25, 0.3) is 0 Å². The highest BCUT2D eigenvalue weighted by atomic mass is 16.3. The van der Waals surface area contributed by atoms with E-state index < -0.39 is 18.2 Å². The minimum Gasteiger partial charge on any atom is -0.394 e. The Morgan fingerprint density at radius 1 is 0.447 bits per heavy atom. The van der Waals surface area contributed by atoms with E-state index in [-0.39, 0.29) is 12.5 Å². The first-order valence-electron chi connectivity index (χ1n) is 21.3. The zero-order valence-corrected chi connectivity index (χ0v) is 31.9. The van der Waals surface area contributed by atoms with Crippen LogP contribution >= 0.6 is 0 Å². The largest absolute Gasteiger partial charge is 0.394 e. The van der Waals surface area contributed by atoms with Gasteiger partial charge in [0.1, 0.15) is 6.10 Å². The van der Waals surface area contributed by atoms with Crippen molar-refractivity contribution in [3.05, 3.63) is 0 Å². The van der Waals surface area contributed by atoms with Crippen LogP contribution in [-0.4, -0.2) is 46.1 Å². The molecule has 1 amide bonds. The van der Waals surface area contributed by atoms with Crippen molar-refractivity contribution in [2.24, 2.45) is 0 Å². The van der Waals surface area contributed by atoms with Crippen molar-refractivity contribution in [1.82, 2.24) is 5.32 Å². The van der Waals surface area contributed by atoms with E-state index in [2.05, 4.69) is 19.2 Å². The lowest BCUT2D eigenvalue weighted by atomic mass is 9.99. The summed E-state index contributed by atoms with van der Waals surface area (Å²) in [6, 6.07) is -0.801. The normalized spacial score (nSPS) is 13.6. The van der Waals surface area contributed by atoms with Crippen molar-refractivity contribution in [2.45, 2.75) is 257 Å². The molecule has 0 saturated carbocycles. The van der Waals surface area contributed by atoms with Gasteiger partial charge in [0, 0.05) is 6.42 Å². The maximum atomic E-state index is 12.4. The molecule has 0 bridgehead atoms. The van der Waals surface area contributed by atoms with Crippen molar-refractivity contribution in [3.63, 3.8) is 0 Å². The van der Waals surface area contributed by atoms with Crippen LogP contribution in [0, 0.1) is 0 Å². The molecule has 0 heterocycles. The molecule has 47 heavy (non-hydrogen) atoms. The van der Waals surface area contributed by atoms with Gasteiger partial charge in [-0.25, -0.2) is 0 Å². The predicted octanol–water partition coefficient (Wildman–Crippen LogP) is 11.9. The van der Waals surface area contributed by atoms with Crippen molar-refractivity contribution in [1.29, 1.82) is 0 Å². The Hall–Kier alpha value is -0.650. The Labute approximate surface area is 294 Å². The number of nitrogens with one attached hydrogen (secondary N) is 1. The Morgan fingerprint density at radius 2 is 0.723 bits per heavy atom. The summed E-state index contributed by atoms with van der Waals surface area (Å²) in [6.07, 6.45) is 42.1. The molecule has 0 aliphatic rings. The van der Waals surface area contributed by atoms with E-state index in [1.165, 1.54) is 180 Å². The molecule has 0 saturated heterocycles. The molecule has 282 valence electrons. The minimum atomic E-state index is -1.13. The molecule has 0 spiro atoms. The molecule has 5 nitrogen and oxygen atoms in total. The molecular formula is C42H85NO4. The quantitative estimate of drug-likeness (QED) is 0.0491. The molecule has 5 heteroatoms. The molecule has 0 aromatic heterocycles. The molecule has 0 aliphatic heterocycles. The van der Waals surface area contributed by atoms with Gasteiger partial charge in [0.05, 0.1) is 18.8 Å². The van der Waals surface area contributed by atoms with E-state index in [1.807, 2.05) is 0 Å². The average Bonchev–Trinajstić information content (AvgIpc) is 3.07. The summed E-state index contributed by atoms with van der Waals surface area (Å²) >= 11 is 0. The van der Waals surface area contributed by atoms with E-state index in [9.17, 15) is 20.1 Å². The molecule has 0 rings (SSSR count). The van der Waals surface area contributed by atoms with E-state index in [0.717, 1.165) is 32.1 Å². The first kappa shape index (κ1) is 46.4. The smallest absolute Gasteiger partial charge is 0.220 e. The second kappa shape index (κ2) is 38.2. The summed E-state index contributed by atoms with van der Waals surface area (Å²) < 4.78 is 0. The molecule has 0 aromatic rings. The summed E-state index contributed by atoms with van der Waals surface area (Å²) in [7, 11) is 0. The first-order valence-corrected chi connectivity index (χ1v) is 21.3. The molecular weight excluding hydrogens is 582 g/mol. The topological polar surface area (TPSA) is 89.8 Å². The molecule has 0 radical (unpaired) electrons. The van der Waals surface area contributed by atoms with Gasteiger partial charge in [0.15, 0.2) is 0 Å². The number of hydrogen-bond acceptors (Lipinski definition) is 4. The maximum Gasteiger partial charge on any atom is 0.220 e. The number of carbonyl (C=O) groups excluding carboxylic acids is 1. The molecule has 3 atom stereocenters. The monoisotopic (exact) mass is 668 g/mol. The van der Waals surface area contributed by atoms with Gasteiger partial charge in [-0.2, -0.15) is 0 Å². The van der Waals surface area contributed by atoms with Gasteiger partial charge in [-0.15, -0.1) is 0 Å². The van der Waals surface area contributed by atoms with Crippen LogP contribution in [-0.2, 0) is 4.79 Å². The Balaban J connectivity index is 3.56. The molecule has 0 fully saturated rings. The fraction of sp³-hybridized carbons (Fsp3) is 0.976. The third-order valence-electron chi connectivity index (χ3n) is 10.2. The number of carbonyl (C=O) groups is 1. The van der Waals surface area contributed by atoms with Crippen LogP contribution in [0.3, 0.4) is 0 Å². The number of amides is 1. The fourth-order valence-corrected chi connectivity index (χ4v) is 6.87. The van der Waals surface area contributed by atoms with Gasteiger partial charge in [0.2, 0.25) is 5.91 Å². The van der Waals surface area contributed by atoms with Crippen molar-refractivity contribution >= 4 is 5.91 Å². The van der Waals surface area contributed by atoms with Gasteiger partial charge < -0.3 is 20.6 Å². The third kappa shape index (κ3) is 33.6. The van der Waals surface area contributed by atoms with Crippen molar-refractivity contribution < 1.29 is 20.1 Å². The number of unbranched alkanes of at least 4 members (excludes halogenated alkanes) is 31. The van der Waals surface area contributed by atoms with E-state index in [1.54, 1.807) is 0 Å². The van der Waals surface area contributed by atoms with E-state index in [4.69, 9.17) is 0 Å². The maximum absolute atomic E-state index is 12.4. The molecule has 1 unspecified atom stereocenters. The Bertz CT molecular complexity index is 615. The summed E-state index contributed by atoms with van der Waals surface area (Å²) in [5.74, 6) is -0.140. The second-order valence-electron chi connectivity index (χ2n) is 14.9. The zero-order chi connectivity index (χ0) is 34.5. The average molecular weight is 668 g/mol. The van der Waals surface area contributed by atoms with Crippen molar-refractivity contribution in [2.75, 3.05) is 6.61 Å². The summed E-state index contributed by atoms with van der Waals surface area (Å²) in [5, 5.41) is 33.4. The van der Waals surface area contributed by atoms with Crippen LogP contribution in [0.5, 0.6) is 0 Å². The van der Waals surface area contributed by atoms with Crippen LogP contribution in [0.15, 0.2) is 0 Å². The minimum absolute atomic E-state index is 0.140. The zero-order valence-electron chi connectivity index (χ0n) is 31.9. The van der Waals surface area contributed by atoms with Gasteiger partial charge in [-0.05, 0) is 12.8 Å². The third-order valence-corrected chi connectivity index (χ3v) is 10.2. The van der Waals surface area contributed by atoms with Gasteiger partial charge in [-0.1, -0.05) is 219 Å². The summed E-state index contributed by atoms with van der Waals surface area (Å²) in [4.78, 5) is 12.4. The Morgan fingerprint density at radius 3 is 1.02 bits per heavy atom. The number of aliphatic hydroxyl groups is 3. The lowest BCUT2D eigenvalue weighted by molar-refractivity contribution is -0.124.